The van der Waals surface area contributed by atoms with Gasteiger partial charge in [-0.2, -0.15) is 9.61 Å². The maximum absolute atomic E-state index is 12.7. The molecule has 6 rings (SSSR count). The first-order chi connectivity index (χ1) is 19.6. The topological polar surface area (TPSA) is 113 Å². The Labute approximate surface area is 236 Å². The summed E-state index contributed by atoms with van der Waals surface area (Å²) in [5, 5.41) is 25.3. The van der Waals surface area contributed by atoms with Gasteiger partial charge in [-0.1, -0.05) is 31.4 Å². The predicted octanol–water partition coefficient (Wildman–Crippen LogP) is 4.79. The molecule has 2 saturated carbocycles. The fourth-order valence-corrected chi connectivity index (χ4v) is 6.18. The van der Waals surface area contributed by atoms with E-state index >= 15 is 0 Å². The Kier molecular flexibility index (Phi) is 8.20. The van der Waals surface area contributed by atoms with E-state index in [1.165, 1.54) is 19.3 Å². The van der Waals surface area contributed by atoms with Gasteiger partial charge in [0.25, 0.3) is 5.91 Å². The number of aliphatic hydroxyl groups is 1. The number of carbonyl (C=O) groups is 1. The van der Waals surface area contributed by atoms with Crippen molar-refractivity contribution in [2.24, 2.45) is 11.8 Å². The summed E-state index contributed by atoms with van der Waals surface area (Å²) in [6.07, 6.45) is 12.1. The molecule has 9 heteroatoms. The summed E-state index contributed by atoms with van der Waals surface area (Å²) in [6.45, 7) is 4.52. The number of aromatic nitrogens is 3. The van der Waals surface area contributed by atoms with Crippen molar-refractivity contribution >= 4 is 23.2 Å². The number of rotatable bonds is 10. The second-order valence-electron chi connectivity index (χ2n) is 11.9. The molecule has 3 aromatic rings. The Morgan fingerprint density at radius 3 is 2.62 bits per heavy atom. The second kappa shape index (κ2) is 12.1. The van der Waals surface area contributed by atoms with Gasteiger partial charge in [0.2, 0.25) is 0 Å². The van der Waals surface area contributed by atoms with Crippen molar-refractivity contribution in [1.29, 1.82) is 0 Å². The minimum atomic E-state index is -0.0310. The highest BCUT2D eigenvalue weighted by atomic mass is 16.5. The van der Waals surface area contributed by atoms with Crippen LogP contribution in [0.5, 0.6) is 0 Å². The lowest BCUT2D eigenvalue weighted by Gasteiger charge is -2.30. The van der Waals surface area contributed by atoms with Crippen molar-refractivity contribution in [2.75, 3.05) is 37.0 Å². The van der Waals surface area contributed by atoms with Crippen molar-refractivity contribution in [3.63, 3.8) is 0 Å². The molecule has 1 aliphatic heterocycles. The molecule has 3 heterocycles. The third-order valence-corrected chi connectivity index (χ3v) is 8.83. The highest BCUT2D eigenvalue weighted by Gasteiger charge is 2.26. The van der Waals surface area contributed by atoms with Crippen LogP contribution in [0.3, 0.4) is 0 Å². The van der Waals surface area contributed by atoms with E-state index in [4.69, 9.17) is 14.8 Å². The van der Waals surface area contributed by atoms with Crippen LogP contribution in [0.25, 0.3) is 16.8 Å². The molecule has 1 amide bonds. The average molecular weight is 547 g/mol. The third kappa shape index (κ3) is 6.10. The number of anilines is 2. The van der Waals surface area contributed by atoms with E-state index in [0.717, 1.165) is 92.3 Å². The number of hydrogen-bond donors (Lipinski definition) is 4. The predicted molar refractivity (Wildman–Crippen MR) is 157 cm³/mol. The number of nitrogens with one attached hydrogen (secondary N) is 3. The number of benzene rings is 1. The first-order valence-corrected chi connectivity index (χ1v) is 15.1. The van der Waals surface area contributed by atoms with Gasteiger partial charge in [-0.3, -0.25) is 4.79 Å². The first kappa shape index (κ1) is 27.0. The van der Waals surface area contributed by atoms with Crippen LogP contribution in [-0.4, -0.2) is 64.1 Å². The van der Waals surface area contributed by atoms with Crippen LogP contribution in [0, 0.1) is 18.8 Å². The quantitative estimate of drug-likeness (QED) is 0.289. The largest absolute Gasteiger partial charge is 0.394 e. The molecule has 3 fully saturated rings. The maximum atomic E-state index is 12.7. The number of fused-ring (bicyclic) bond motifs is 1. The molecule has 0 spiro atoms. The second-order valence-corrected chi connectivity index (χ2v) is 11.9. The van der Waals surface area contributed by atoms with Crippen LogP contribution in [0.1, 0.15) is 73.7 Å². The Balaban J connectivity index is 1.31. The minimum absolute atomic E-state index is 0.00613. The maximum Gasteiger partial charge on any atom is 0.251 e. The van der Waals surface area contributed by atoms with Gasteiger partial charge in [0.1, 0.15) is 11.6 Å². The lowest BCUT2D eigenvalue weighted by molar-refractivity contribution is 0.0699. The minimum Gasteiger partial charge on any atom is -0.394 e. The molecule has 2 aliphatic carbocycles. The molecule has 9 nitrogen and oxygen atoms in total. The van der Waals surface area contributed by atoms with Crippen LogP contribution in [0.4, 0.5) is 11.6 Å². The number of aliphatic hydroxyl groups excluding tert-OH is 1. The van der Waals surface area contributed by atoms with Gasteiger partial charge in [0.05, 0.1) is 18.8 Å². The Bertz CT molecular complexity index is 1320. The fourth-order valence-electron chi connectivity index (χ4n) is 6.18. The Morgan fingerprint density at radius 2 is 1.90 bits per heavy atom. The number of carbonyl (C=O) groups excluding carboxylic acids is 1. The zero-order chi connectivity index (χ0) is 27.5. The zero-order valence-corrected chi connectivity index (χ0v) is 23.5. The van der Waals surface area contributed by atoms with E-state index in [2.05, 4.69) is 16.0 Å². The summed E-state index contributed by atoms with van der Waals surface area (Å²) < 4.78 is 7.42. The highest BCUT2D eigenvalue weighted by molar-refractivity contribution is 5.97. The number of ether oxygens (including phenoxy) is 1. The summed E-state index contributed by atoms with van der Waals surface area (Å²) >= 11 is 0. The number of aryl methyl sites for hydroxylation is 1. The SMILES string of the molecule is Cc1cc(-c2cnn3c(NCC4CCOCC4)cc(NC(CO)C4CCCCC4)nc23)ccc1C(=O)NC1CC1. The Hall–Kier alpha value is -3.17. The summed E-state index contributed by atoms with van der Waals surface area (Å²) in [5.41, 5.74) is 4.27. The summed E-state index contributed by atoms with van der Waals surface area (Å²) in [7, 11) is 0. The molecule has 214 valence electrons. The molecule has 4 N–H and O–H groups in total. The molecule has 1 unspecified atom stereocenters. The van der Waals surface area contributed by atoms with Gasteiger partial charge in [-0.15, -0.1) is 0 Å². The van der Waals surface area contributed by atoms with Gasteiger partial charge < -0.3 is 25.8 Å². The van der Waals surface area contributed by atoms with Crippen LogP contribution >= 0.6 is 0 Å². The normalized spacial score (nSPS) is 19.4. The average Bonchev–Trinajstić information content (AvgIpc) is 3.70. The molecule has 3 aliphatic rings. The van der Waals surface area contributed by atoms with Crippen molar-refractivity contribution < 1.29 is 14.6 Å². The molecule has 0 bridgehead atoms. The lowest BCUT2D eigenvalue weighted by Crippen LogP contribution is -2.34. The number of nitrogens with zero attached hydrogens (tertiary/aromatic N) is 3. The van der Waals surface area contributed by atoms with Crippen LogP contribution in [-0.2, 0) is 4.74 Å². The van der Waals surface area contributed by atoms with Gasteiger partial charge in [0.15, 0.2) is 5.65 Å². The molecule has 1 atom stereocenters. The van der Waals surface area contributed by atoms with Crippen molar-refractivity contribution in [3.8, 4) is 11.1 Å². The Morgan fingerprint density at radius 1 is 1.10 bits per heavy atom. The summed E-state index contributed by atoms with van der Waals surface area (Å²) in [6, 6.07) is 8.25. The first-order valence-electron chi connectivity index (χ1n) is 15.1. The smallest absolute Gasteiger partial charge is 0.251 e. The monoisotopic (exact) mass is 546 g/mol. The van der Waals surface area contributed by atoms with Crippen LogP contribution in [0.2, 0.25) is 0 Å². The third-order valence-electron chi connectivity index (χ3n) is 8.83. The van der Waals surface area contributed by atoms with E-state index in [1.807, 2.05) is 41.9 Å². The lowest BCUT2D eigenvalue weighted by atomic mass is 9.84. The van der Waals surface area contributed by atoms with Crippen LogP contribution in [0.15, 0.2) is 30.5 Å². The van der Waals surface area contributed by atoms with E-state index in [1.54, 1.807) is 0 Å². The molecule has 0 radical (unpaired) electrons. The van der Waals surface area contributed by atoms with Crippen LogP contribution < -0.4 is 16.0 Å². The van der Waals surface area contributed by atoms with E-state index in [9.17, 15) is 9.90 Å². The van der Waals surface area contributed by atoms with E-state index in [-0.39, 0.29) is 18.6 Å². The van der Waals surface area contributed by atoms with Gasteiger partial charge in [0, 0.05) is 43.0 Å². The van der Waals surface area contributed by atoms with Crippen molar-refractivity contribution in [1.82, 2.24) is 19.9 Å². The molecule has 1 aromatic carbocycles. The fraction of sp³-hybridized carbons (Fsp3) is 0.581. The molecule has 2 aromatic heterocycles. The van der Waals surface area contributed by atoms with Crippen molar-refractivity contribution in [2.45, 2.75) is 76.8 Å². The number of hydrogen-bond acceptors (Lipinski definition) is 7. The van der Waals surface area contributed by atoms with E-state index < -0.39 is 0 Å². The number of amides is 1. The molecule has 40 heavy (non-hydrogen) atoms. The highest BCUT2D eigenvalue weighted by Crippen LogP contribution is 2.32. The van der Waals surface area contributed by atoms with Gasteiger partial charge in [-0.25, -0.2) is 4.98 Å². The molecular formula is C31H42N6O3. The standard InChI is InChI=1S/C31H42N6O3/c1-20-15-23(7-10-25(20)31(39)34-24-8-9-24)26-18-33-37-29(32-17-21-11-13-40-14-12-21)16-28(36-30(26)37)35-27(19-38)22-5-3-2-4-6-22/h7,10,15-16,18,21-22,24,27,32,38H,2-6,8-9,11-14,17,19H2,1H3,(H,34,39)(H,35,36). The summed E-state index contributed by atoms with van der Waals surface area (Å²) in [4.78, 5) is 17.7. The summed E-state index contributed by atoms with van der Waals surface area (Å²) in [5.74, 6) is 2.60. The van der Waals surface area contributed by atoms with Crippen molar-refractivity contribution in [3.05, 3.63) is 41.6 Å². The molecule has 1 saturated heterocycles. The van der Waals surface area contributed by atoms with E-state index in [0.29, 0.717) is 23.4 Å². The zero-order valence-electron chi connectivity index (χ0n) is 23.5. The van der Waals surface area contributed by atoms with Gasteiger partial charge in [-0.05, 0) is 74.5 Å². The van der Waals surface area contributed by atoms with Gasteiger partial charge >= 0.3 is 0 Å². The molecular weight excluding hydrogens is 504 g/mol.